The molecule has 4 rings (SSSR count). The Balaban J connectivity index is 1.39. The van der Waals surface area contributed by atoms with Crippen LogP contribution >= 0.6 is 0 Å². The van der Waals surface area contributed by atoms with E-state index in [9.17, 15) is 14.4 Å². The minimum absolute atomic E-state index is 0.111. The second-order valence-electron chi connectivity index (χ2n) is 8.96. The number of amides is 3. The summed E-state index contributed by atoms with van der Waals surface area (Å²) in [6.45, 7) is 5.39. The molecule has 2 N–H and O–H groups in total. The molecule has 176 valence electrons. The lowest BCUT2D eigenvalue weighted by atomic mass is 10.1. The van der Waals surface area contributed by atoms with Crippen LogP contribution in [0.25, 0.3) is 0 Å². The lowest BCUT2D eigenvalue weighted by Crippen LogP contribution is -2.47. The van der Waals surface area contributed by atoms with E-state index in [-0.39, 0.29) is 29.5 Å². The lowest BCUT2D eigenvalue weighted by molar-refractivity contribution is -0.130. The number of nitrogens with zero attached hydrogens (tertiary/aromatic N) is 4. The number of anilines is 1. The van der Waals surface area contributed by atoms with Gasteiger partial charge in [0.05, 0.1) is 5.69 Å². The van der Waals surface area contributed by atoms with E-state index in [2.05, 4.69) is 20.6 Å². The molecule has 1 saturated carbocycles. The maximum absolute atomic E-state index is 13.0. The van der Waals surface area contributed by atoms with Crippen LogP contribution in [-0.4, -0.2) is 69.5 Å². The van der Waals surface area contributed by atoms with E-state index in [0.29, 0.717) is 11.3 Å². The third-order valence-corrected chi connectivity index (χ3v) is 6.40. The fraction of sp³-hybridized carbons (Fsp3) is 0.500. The van der Waals surface area contributed by atoms with E-state index in [0.717, 1.165) is 64.0 Å². The number of carbonyl (C=O) groups excluding carboxylic acids is 3. The average molecular weight is 453 g/mol. The highest BCUT2D eigenvalue weighted by Crippen LogP contribution is 2.20. The van der Waals surface area contributed by atoms with Gasteiger partial charge < -0.3 is 15.5 Å². The van der Waals surface area contributed by atoms with Gasteiger partial charge in [0, 0.05) is 64.5 Å². The summed E-state index contributed by atoms with van der Waals surface area (Å²) >= 11 is 0. The minimum atomic E-state index is -0.277. The zero-order valence-corrected chi connectivity index (χ0v) is 19.3. The van der Waals surface area contributed by atoms with E-state index >= 15 is 0 Å². The van der Waals surface area contributed by atoms with Gasteiger partial charge in [0.25, 0.3) is 11.8 Å². The molecule has 33 heavy (non-hydrogen) atoms. The van der Waals surface area contributed by atoms with Crippen LogP contribution in [0, 0.1) is 0 Å². The highest BCUT2D eigenvalue weighted by atomic mass is 16.2. The number of benzene rings is 1. The molecule has 2 heterocycles. The molecule has 0 atom stereocenters. The first-order chi connectivity index (χ1) is 15.9. The Morgan fingerprint density at radius 1 is 1.06 bits per heavy atom. The van der Waals surface area contributed by atoms with Gasteiger partial charge in [-0.15, -0.1) is 0 Å². The summed E-state index contributed by atoms with van der Waals surface area (Å²) in [5, 5.41) is 10.2. The summed E-state index contributed by atoms with van der Waals surface area (Å²) in [7, 11) is 1.73. The topological polar surface area (TPSA) is 99.6 Å². The zero-order valence-electron chi connectivity index (χ0n) is 19.3. The van der Waals surface area contributed by atoms with Gasteiger partial charge in [0.15, 0.2) is 5.69 Å². The Bertz CT molecular complexity index is 1020. The highest BCUT2D eigenvalue weighted by molar-refractivity contribution is 6.08. The molecule has 0 radical (unpaired) electrons. The molecule has 1 aliphatic heterocycles. The predicted molar refractivity (Wildman–Crippen MR) is 125 cm³/mol. The molecule has 0 unspecified atom stereocenters. The maximum atomic E-state index is 13.0. The van der Waals surface area contributed by atoms with Crippen LogP contribution in [0.4, 0.5) is 5.69 Å². The van der Waals surface area contributed by atoms with Crippen LogP contribution in [0.15, 0.2) is 30.5 Å². The second kappa shape index (κ2) is 10.2. The van der Waals surface area contributed by atoms with E-state index in [1.807, 2.05) is 23.1 Å². The second-order valence-corrected chi connectivity index (χ2v) is 8.96. The summed E-state index contributed by atoms with van der Waals surface area (Å²) in [6, 6.07) is 7.69. The molecule has 2 aromatic rings. The Morgan fingerprint density at radius 2 is 1.79 bits per heavy atom. The van der Waals surface area contributed by atoms with Gasteiger partial charge in [-0.3, -0.25) is 24.0 Å². The first-order valence-electron chi connectivity index (χ1n) is 11.6. The van der Waals surface area contributed by atoms with E-state index in [4.69, 9.17) is 0 Å². The van der Waals surface area contributed by atoms with Crippen molar-refractivity contribution in [3.8, 4) is 0 Å². The SMILES string of the molecule is CC(=O)N1CCN(Cc2cccc(C(=O)Nc3cn(C)nc3C(=O)NC3CCCC3)c2)CC1. The number of nitrogens with one attached hydrogen (secondary N) is 2. The summed E-state index contributed by atoms with van der Waals surface area (Å²) < 4.78 is 1.54. The van der Waals surface area contributed by atoms with Crippen molar-refractivity contribution >= 4 is 23.4 Å². The largest absolute Gasteiger partial charge is 0.348 e. The number of piperazine rings is 1. The van der Waals surface area contributed by atoms with Crippen LogP contribution in [0.1, 0.15) is 59.0 Å². The smallest absolute Gasteiger partial charge is 0.274 e. The third kappa shape index (κ3) is 5.78. The van der Waals surface area contributed by atoms with Crippen molar-refractivity contribution in [3.05, 3.63) is 47.3 Å². The Labute approximate surface area is 194 Å². The summed E-state index contributed by atoms with van der Waals surface area (Å²) in [6.07, 6.45) is 5.87. The van der Waals surface area contributed by atoms with E-state index in [1.165, 1.54) is 4.68 Å². The molecule has 1 saturated heterocycles. The van der Waals surface area contributed by atoms with Gasteiger partial charge in [-0.25, -0.2) is 0 Å². The molecule has 2 fully saturated rings. The predicted octanol–water partition coefficient (Wildman–Crippen LogP) is 2.01. The molecule has 9 heteroatoms. The average Bonchev–Trinajstić information content (AvgIpc) is 3.43. The standard InChI is InChI=1S/C24H32N6O3/c1-17(31)30-12-10-29(11-13-30)15-18-6-5-7-19(14-18)23(32)26-21-16-28(2)27-22(21)24(33)25-20-8-3-4-9-20/h5-7,14,16,20H,3-4,8-13,15H2,1-2H3,(H,25,33)(H,26,32). The van der Waals surface area contributed by atoms with Crippen molar-refractivity contribution in [2.45, 2.75) is 45.2 Å². The quantitative estimate of drug-likeness (QED) is 0.699. The molecule has 2 aliphatic rings. The minimum Gasteiger partial charge on any atom is -0.348 e. The lowest BCUT2D eigenvalue weighted by Gasteiger charge is -2.34. The first kappa shape index (κ1) is 23.0. The van der Waals surface area contributed by atoms with E-state index < -0.39 is 0 Å². The van der Waals surface area contributed by atoms with E-state index in [1.54, 1.807) is 26.2 Å². The molecule has 9 nitrogen and oxygen atoms in total. The van der Waals surface area contributed by atoms with Gasteiger partial charge >= 0.3 is 0 Å². The number of rotatable bonds is 6. The van der Waals surface area contributed by atoms with Gasteiger partial charge in [-0.1, -0.05) is 25.0 Å². The maximum Gasteiger partial charge on any atom is 0.274 e. The molecule has 1 aliphatic carbocycles. The molecule has 0 spiro atoms. The Morgan fingerprint density at radius 3 is 2.48 bits per heavy atom. The van der Waals surface area contributed by atoms with Gasteiger partial charge in [0.2, 0.25) is 5.91 Å². The molecular weight excluding hydrogens is 420 g/mol. The molecule has 1 aromatic carbocycles. The van der Waals surface area contributed by atoms with Gasteiger partial charge in [0.1, 0.15) is 0 Å². The molecule has 0 bridgehead atoms. The van der Waals surface area contributed by atoms with Crippen LogP contribution in [0.2, 0.25) is 0 Å². The van der Waals surface area contributed by atoms with Crippen molar-refractivity contribution in [2.24, 2.45) is 7.05 Å². The van der Waals surface area contributed by atoms with Crippen molar-refractivity contribution in [3.63, 3.8) is 0 Å². The van der Waals surface area contributed by atoms with Crippen LogP contribution < -0.4 is 10.6 Å². The van der Waals surface area contributed by atoms with Crippen molar-refractivity contribution in [1.82, 2.24) is 24.9 Å². The van der Waals surface area contributed by atoms with Crippen molar-refractivity contribution in [2.75, 3.05) is 31.5 Å². The number of aryl methyl sites for hydroxylation is 1. The zero-order chi connectivity index (χ0) is 23.4. The number of aromatic nitrogens is 2. The number of carbonyl (C=O) groups is 3. The van der Waals surface area contributed by atoms with Crippen LogP contribution in [-0.2, 0) is 18.4 Å². The summed E-state index contributed by atoms with van der Waals surface area (Å²) in [5.41, 5.74) is 2.20. The van der Waals surface area contributed by atoms with Crippen LogP contribution in [0.3, 0.4) is 0 Å². The summed E-state index contributed by atoms with van der Waals surface area (Å²) in [4.78, 5) is 41.3. The Hall–Kier alpha value is -3.20. The molecular formula is C24H32N6O3. The fourth-order valence-electron chi connectivity index (χ4n) is 4.56. The normalized spacial score (nSPS) is 17.2. The Kier molecular flexibility index (Phi) is 7.08. The number of hydrogen-bond donors (Lipinski definition) is 2. The highest BCUT2D eigenvalue weighted by Gasteiger charge is 2.23. The van der Waals surface area contributed by atoms with Gasteiger partial charge in [-0.2, -0.15) is 5.10 Å². The molecule has 3 amide bonds. The van der Waals surface area contributed by atoms with Crippen LogP contribution in [0.5, 0.6) is 0 Å². The first-order valence-corrected chi connectivity index (χ1v) is 11.6. The van der Waals surface area contributed by atoms with Crippen molar-refractivity contribution in [1.29, 1.82) is 0 Å². The fourth-order valence-corrected chi connectivity index (χ4v) is 4.56. The molecule has 1 aromatic heterocycles. The summed E-state index contributed by atoms with van der Waals surface area (Å²) in [5.74, 6) is -0.419. The number of hydrogen-bond acceptors (Lipinski definition) is 5. The van der Waals surface area contributed by atoms with Gasteiger partial charge in [-0.05, 0) is 30.5 Å². The monoisotopic (exact) mass is 452 g/mol. The third-order valence-electron chi connectivity index (χ3n) is 6.40. The van der Waals surface area contributed by atoms with Crippen molar-refractivity contribution < 1.29 is 14.4 Å².